The van der Waals surface area contributed by atoms with E-state index >= 15 is 0 Å². The zero-order valence-corrected chi connectivity index (χ0v) is 40.3. The van der Waals surface area contributed by atoms with Gasteiger partial charge in [-0.2, -0.15) is 19.9 Å². The second-order valence-electron chi connectivity index (χ2n) is 16.6. The van der Waals surface area contributed by atoms with E-state index in [1.165, 1.54) is 49.1 Å². The average molecular weight is 1100 g/mol. The van der Waals surface area contributed by atoms with Crippen LogP contribution in [0.1, 0.15) is 50.6 Å². The monoisotopic (exact) mass is 1100 g/mol. The summed E-state index contributed by atoms with van der Waals surface area (Å²) >= 11 is 0. The molecule has 8 heterocycles. The molecule has 0 aliphatic carbocycles. The Balaban J connectivity index is 0.939. The van der Waals surface area contributed by atoms with Gasteiger partial charge in [0.25, 0.3) is 0 Å². The highest BCUT2D eigenvalue weighted by Gasteiger charge is 2.48. The zero-order chi connectivity index (χ0) is 52.6. The van der Waals surface area contributed by atoms with Crippen LogP contribution in [0.25, 0.3) is 0 Å². The van der Waals surface area contributed by atoms with Gasteiger partial charge in [-0.1, -0.05) is 0 Å². The first kappa shape index (κ1) is 54.1. The molecule has 0 spiro atoms. The number of aliphatic hydroxyl groups is 2. The van der Waals surface area contributed by atoms with E-state index in [9.17, 15) is 57.8 Å². The van der Waals surface area contributed by atoms with Gasteiger partial charge in [0.15, 0.2) is 0 Å². The highest BCUT2D eigenvalue weighted by Crippen LogP contribution is 2.53. The molecule has 0 amide bonds. The fourth-order valence-corrected chi connectivity index (χ4v) is 11.0. The number of hydrogen-bond acceptors (Lipinski definition) is 27. The second-order valence-corrected chi connectivity index (χ2v) is 20.8. The largest absolute Gasteiger partial charge is 0.472 e. The molecule has 34 nitrogen and oxygen atoms in total. The van der Waals surface area contributed by atoms with E-state index in [1.807, 2.05) is 0 Å². The second kappa shape index (κ2) is 22.0. The van der Waals surface area contributed by atoms with E-state index in [-0.39, 0.29) is 36.1 Å². The van der Waals surface area contributed by atoms with Crippen LogP contribution < -0.4 is 45.7 Å². The van der Waals surface area contributed by atoms with Crippen molar-refractivity contribution in [3.63, 3.8) is 0 Å². The van der Waals surface area contributed by atoms with Crippen molar-refractivity contribution in [2.24, 2.45) is 0 Å². The molecule has 3 unspecified atom stereocenters. The molecule has 0 radical (unpaired) electrons. The summed E-state index contributed by atoms with van der Waals surface area (Å²) in [6.45, 7) is -3.36. The minimum absolute atomic E-state index is 0.0593. The summed E-state index contributed by atoms with van der Waals surface area (Å²) < 4.78 is 99.5. The molecule has 0 saturated carbocycles. The van der Waals surface area contributed by atoms with Crippen molar-refractivity contribution in [2.75, 3.05) is 49.4 Å². The zero-order valence-electron chi connectivity index (χ0n) is 37.6. The third kappa shape index (κ3) is 13.2. The number of rotatable bonds is 20. The molecule has 4 saturated heterocycles. The molecular formula is C36H49N12O22P3. The maximum Gasteiger partial charge on any atom is 0.472 e. The lowest BCUT2D eigenvalue weighted by atomic mass is 10.2. The van der Waals surface area contributed by atoms with Crippen LogP contribution in [-0.4, -0.2) is 138 Å². The van der Waals surface area contributed by atoms with Crippen LogP contribution in [-0.2, 0) is 59.8 Å². The number of aromatic nitrogens is 8. The Morgan fingerprint density at radius 1 is 0.562 bits per heavy atom. The number of hydrogen-bond donors (Lipinski definition) is 9. The van der Waals surface area contributed by atoms with Crippen LogP contribution in [0.15, 0.2) is 68.2 Å². The molecule has 0 bridgehead atoms. The fraction of sp³-hybridized carbons (Fsp3) is 0.556. The highest BCUT2D eigenvalue weighted by atomic mass is 31.2. The summed E-state index contributed by atoms with van der Waals surface area (Å²) in [6.07, 6.45) is -12.5. The van der Waals surface area contributed by atoms with Crippen molar-refractivity contribution in [1.29, 1.82) is 0 Å². The predicted molar refractivity (Wildman–Crippen MR) is 241 cm³/mol. The molecule has 15 atom stereocenters. The van der Waals surface area contributed by atoms with Gasteiger partial charge in [-0.25, -0.2) is 32.9 Å². The van der Waals surface area contributed by atoms with Crippen LogP contribution in [0.5, 0.6) is 0 Å². The number of ether oxygens (including phenoxy) is 4. The van der Waals surface area contributed by atoms with Gasteiger partial charge in [0.1, 0.15) is 90.9 Å². The fourth-order valence-electron chi connectivity index (χ4n) is 8.13. The number of nitrogens with two attached hydrogens (primary N) is 4. The Labute approximate surface area is 408 Å². The first-order valence-electron chi connectivity index (χ1n) is 21.7. The van der Waals surface area contributed by atoms with Crippen LogP contribution in [0, 0.1) is 0 Å². The van der Waals surface area contributed by atoms with Crippen molar-refractivity contribution in [3.05, 3.63) is 91.0 Å². The summed E-state index contributed by atoms with van der Waals surface area (Å²) in [5.41, 5.74) is 18.9. The molecule has 8 rings (SSSR count). The number of phosphoric ester groups is 3. The molecule has 73 heavy (non-hydrogen) atoms. The van der Waals surface area contributed by atoms with Gasteiger partial charge < -0.3 is 66.8 Å². The maximum absolute atomic E-state index is 13.7. The van der Waals surface area contributed by atoms with Crippen molar-refractivity contribution in [3.8, 4) is 0 Å². The lowest BCUT2D eigenvalue weighted by Crippen LogP contribution is -2.31. The van der Waals surface area contributed by atoms with Gasteiger partial charge in [-0.05, 0) is 24.3 Å². The van der Waals surface area contributed by atoms with Gasteiger partial charge in [-0.3, -0.25) is 45.4 Å². The Bertz CT molecular complexity index is 3040. The maximum atomic E-state index is 13.7. The molecule has 0 aromatic carbocycles. The van der Waals surface area contributed by atoms with Crippen molar-refractivity contribution >= 4 is 46.7 Å². The van der Waals surface area contributed by atoms with E-state index in [4.69, 9.17) is 69.0 Å². The van der Waals surface area contributed by atoms with Gasteiger partial charge in [-0.15, -0.1) is 0 Å². The number of phosphoric acid groups is 3. The van der Waals surface area contributed by atoms with Crippen LogP contribution >= 0.6 is 23.5 Å². The molecule has 4 fully saturated rings. The van der Waals surface area contributed by atoms with Crippen molar-refractivity contribution in [1.82, 2.24) is 38.2 Å². The van der Waals surface area contributed by atoms with Crippen LogP contribution in [0.3, 0.4) is 0 Å². The first-order valence-corrected chi connectivity index (χ1v) is 26.2. The van der Waals surface area contributed by atoms with E-state index in [0.29, 0.717) is 0 Å². The molecule has 37 heteroatoms. The molecule has 4 aromatic rings. The van der Waals surface area contributed by atoms with E-state index in [0.717, 1.165) is 18.3 Å². The van der Waals surface area contributed by atoms with E-state index < -0.39 is 159 Å². The molecule has 4 aliphatic rings. The average Bonchev–Trinajstić information content (AvgIpc) is 4.09. The minimum atomic E-state index is -5.35. The van der Waals surface area contributed by atoms with Gasteiger partial charge in [0.05, 0.1) is 32.5 Å². The van der Waals surface area contributed by atoms with Crippen molar-refractivity contribution < 1.29 is 84.7 Å². The first-order chi connectivity index (χ1) is 34.4. The summed E-state index contributed by atoms with van der Waals surface area (Å²) in [7, 11) is -15.7. The third-order valence-electron chi connectivity index (χ3n) is 11.6. The summed E-state index contributed by atoms with van der Waals surface area (Å²) in [5.74, 6) is -0.444. The number of nitrogens with zero attached hydrogens (tertiary/aromatic N) is 8. The Morgan fingerprint density at radius 3 is 1.34 bits per heavy atom. The standard InChI is InChI=1S/C36H49N12O22P3/c37-25-1-5-45(33(51)41-25)29-9-17(50)22(65-29)14-61-71(55,56)69-19-11-31(47-7-3-27(39)43-35(47)53)67-24(19)16-63-73(59,60)70-20-12-32(48-8-4-28(40)44-36(48)54)66-23(20)15-62-72(57,58)68-18-10-30(64-21(18)13-49)46-6-2-26(38)42-34(46)52/h1-8,17-24,29-32,49-50H,9-16H2,(H,55,56)(H,57,58)(H,59,60)(H2,37,41,51)(H2,38,42,52)(H2,39,43,53)(H2,40,44,54)/t17-,18-,19-,20-,21+,22+,23+,24+,29+,30+,31+,32+/m0/s1/i36+2. The molecular weight excluding hydrogens is 1050 g/mol. The summed E-state index contributed by atoms with van der Waals surface area (Å²) in [6, 6.07) is 5.12. The SMILES string of the molecule is Nc1ccn([C@H]2C[C@H](OP(=O)(O)OC[C@H]3O[C@@H](n4ccc(N)n[14c]4=O)C[C@@H]3OP(=O)(O)OC[C@H]3O[C@@H](n4ccc(N)nc4=O)C[C@@H]3OP(=O)(O)OC[C@H]3O[C@@H](n4ccc(N)nc4=O)C[C@@H]3O)[C@@H](CO)O2)c(=O)n1. The minimum Gasteiger partial charge on any atom is -0.394 e. The highest BCUT2D eigenvalue weighted by molar-refractivity contribution is 7.48. The summed E-state index contributed by atoms with van der Waals surface area (Å²) in [5, 5.41) is 20.6. The van der Waals surface area contributed by atoms with Crippen molar-refractivity contribution in [2.45, 2.75) is 99.4 Å². The quantitative estimate of drug-likeness (QED) is 0.0408. The van der Waals surface area contributed by atoms with E-state index in [2.05, 4.69) is 19.9 Å². The molecule has 4 aromatic heterocycles. The van der Waals surface area contributed by atoms with E-state index in [1.54, 1.807) is 0 Å². The smallest absolute Gasteiger partial charge is 0.394 e. The van der Waals surface area contributed by atoms with Crippen LogP contribution in [0.2, 0.25) is 0 Å². The molecule has 4 aliphatic heterocycles. The lowest BCUT2D eigenvalue weighted by molar-refractivity contribution is -0.0639. The Kier molecular flexibility index (Phi) is 16.3. The molecule has 400 valence electrons. The normalized spacial score (nSPS) is 30.8. The number of aliphatic hydroxyl groups excluding tert-OH is 2. The van der Waals surface area contributed by atoms with Gasteiger partial charge in [0, 0.05) is 50.5 Å². The van der Waals surface area contributed by atoms with Crippen LogP contribution in [0.4, 0.5) is 23.3 Å². The third-order valence-corrected chi connectivity index (χ3v) is 14.6. The Morgan fingerprint density at radius 2 is 0.918 bits per heavy atom. The topological polar surface area (TPSA) is 488 Å². The van der Waals surface area contributed by atoms with Gasteiger partial charge in [0.2, 0.25) is 0 Å². The summed E-state index contributed by atoms with van der Waals surface area (Å²) in [4.78, 5) is 97.6. The lowest BCUT2D eigenvalue weighted by Gasteiger charge is -2.25. The predicted octanol–water partition coefficient (Wildman–Crippen LogP) is -2.65. The van der Waals surface area contributed by atoms with Gasteiger partial charge >= 0.3 is 46.2 Å². The Hall–Kier alpha value is -5.19. The number of anilines is 4. The number of nitrogen functional groups attached to an aromatic ring is 4. The molecule has 13 N–H and O–H groups in total.